The second kappa shape index (κ2) is 7.65. The topological polar surface area (TPSA) is 84.4 Å². The molecule has 0 bridgehead atoms. The Hall–Kier alpha value is -2.80. The Balaban J connectivity index is 1.65. The zero-order valence-corrected chi connectivity index (χ0v) is 13.1. The molecule has 7 nitrogen and oxygen atoms in total. The lowest BCUT2D eigenvalue weighted by Crippen LogP contribution is -2.40. The number of carbonyl (C=O) groups excluding carboxylic acids is 2. The Morgan fingerprint density at radius 3 is 2.62 bits per heavy atom. The molecule has 24 heavy (non-hydrogen) atoms. The second-order valence-electron chi connectivity index (χ2n) is 5.37. The molecule has 0 spiro atoms. The summed E-state index contributed by atoms with van der Waals surface area (Å²) in [5.41, 5.74) is 1.63. The summed E-state index contributed by atoms with van der Waals surface area (Å²) in [7, 11) is 0. The van der Waals surface area contributed by atoms with E-state index in [-0.39, 0.29) is 17.5 Å². The van der Waals surface area contributed by atoms with E-state index in [1.807, 2.05) is 12.1 Å². The molecule has 0 saturated carbocycles. The first-order chi connectivity index (χ1) is 11.7. The summed E-state index contributed by atoms with van der Waals surface area (Å²) >= 11 is 0. The summed E-state index contributed by atoms with van der Waals surface area (Å²) in [4.78, 5) is 34.4. The van der Waals surface area contributed by atoms with Crippen LogP contribution in [0.5, 0.6) is 0 Å². The largest absolute Gasteiger partial charge is 0.378 e. The van der Waals surface area contributed by atoms with Gasteiger partial charge < -0.3 is 15.0 Å². The Kier molecular flexibility index (Phi) is 5.12. The van der Waals surface area contributed by atoms with Gasteiger partial charge in [0.1, 0.15) is 5.69 Å². The highest BCUT2D eigenvalue weighted by Crippen LogP contribution is 2.09. The van der Waals surface area contributed by atoms with Gasteiger partial charge in [-0.15, -0.1) is 0 Å². The quantitative estimate of drug-likeness (QED) is 0.901. The zero-order chi connectivity index (χ0) is 16.8. The maximum absolute atomic E-state index is 12.5. The number of ether oxygens (including phenoxy) is 1. The van der Waals surface area contributed by atoms with E-state index in [1.54, 1.807) is 23.4 Å². The van der Waals surface area contributed by atoms with Gasteiger partial charge in [0.25, 0.3) is 11.8 Å². The molecule has 2 amide bonds. The molecule has 2 aromatic heterocycles. The highest BCUT2D eigenvalue weighted by atomic mass is 16.5. The standard InChI is InChI=1S/C17H18N4O3/c22-16(20-12-13-1-4-18-5-2-13)15-11-14(3-6-19-15)17(23)21-7-9-24-10-8-21/h1-6,11H,7-10,12H2,(H,20,22). The van der Waals surface area contributed by atoms with E-state index in [0.29, 0.717) is 38.4 Å². The van der Waals surface area contributed by atoms with Crippen LogP contribution in [-0.2, 0) is 11.3 Å². The Morgan fingerprint density at radius 1 is 1.12 bits per heavy atom. The molecule has 0 unspecified atom stereocenters. The maximum atomic E-state index is 12.5. The van der Waals surface area contributed by atoms with Crippen molar-refractivity contribution in [3.8, 4) is 0 Å². The molecule has 7 heteroatoms. The van der Waals surface area contributed by atoms with Crippen molar-refractivity contribution in [2.45, 2.75) is 6.54 Å². The van der Waals surface area contributed by atoms with Crippen LogP contribution in [0.4, 0.5) is 0 Å². The average molecular weight is 326 g/mol. The first-order valence-electron chi connectivity index (χ1n) is 7.74. The van der Waals surface area contributed by atoms with Gasteiger partial charge >= 0.3 is 0 Å². The van der Waals surface area contributed by atoms with E-state index in [4.69, 9.17) is 4.74 Å². The summed E-state index contributed by atoms with van der Waals surface area (Å²) < 4.78 is 5.25. The van der Waals surface area contributed by atoms with Crippen molar-refractivity contribution in [2.24, 2.45) is 0 Å². The number of amides is 2. The number of carbonyl (C=O) groups is 2. The lowest BCUT2D eigenvalue weighted by molar-refractivity contribution is 0.0303. The van der Waals surface area contributed by atoms with Crippen LogP contribution < -0.4 is 5.32 Å². The third-order valence-electron chi connectivity index (χ3n) is 3.74. The smallest absolute Gasteiger partial charge is 0.270 e. The first-order valence-corrected chi connectivity index (χ1v) is 7.74. The fourth-order valence-corrected chi connectivity index (χ4v) is 2.41. The number of aromatic nitrogens is 2. The number of nitrogens with zero attached hydrogens (tertiary/aromatic N) is 3. The maximum Gasteiger partial charge on any atom is 0.270 e. The van der Waals surface area contributed by atoms with Gasteiger partial charge in [0, 0.05) is 43.8 Å². The number of hydrogen-bond acceptors (Lipinski definition) is 5. The van der Waals surface area contributed by atoms with Crippen LogP contribution in [-0.4, -0.2) is 53.0 Å². The van der Waals surface area contributed by atoms with Crippen molar-refractivity contribution >= 4 is 11.8 Å². The van der Waals surface area contributed by atoms with Gasteiger partial charge in [-0.25, -0.2) is 0 Å². The van der Waals surface area contributed by atoms with Crippen molar-refractivity contribution in [2.75, 3.05) is 26.3 Å². The number of pyridine rings is 2. The van der Waals surface area contributed by atoms with Crippen LogP contribution in [0.2, 0.25) is 0 Å². The monoisotopic (exact) mass is 326 g/mol. The van der Waals surface area contributed by atoms with Crippen LogP contribution in [0, 0.1) is 0 Å². The van der Waals surface area contributed by atoms with Crippen molar-refractivity contribution < 1.29 is 14.3 Å². The minimum Gasteiger partial charge on any atom is -0.378 e. The van der Waals surface area contributed by atoms with E-state index in [1.165, 1.54) is 12.3 Å². The van der Waals surface area contributed by atoms with E-state index < -0.39 is 0 Å². The van der Waals surface area contributed by atoms with Gasteiger partial charge in [0.2, 0.25) is 0 Å². The average Bonchev–Trinajstić information content (AvgIpc) is 2.67. The molecule has 1 fully saturated rings. The molecule has 3 rings (SSSR count). The molecule has 1 N–H and O–H groups in total. The van der Waals surface area contributed by atoms with Gasteiger partial charge in [-0.1, -0.05) is 0 Å². The Bertz CT molecular complexity index is 715. The molecule has 124 valence electrons. The predicted molar refractivity (Wildman–Crippen MR) is 86.4 cm³/mol. The summed E-state index contributed by atoms with van der Waals surface area (Å²) in [5.74, 6) is -0.424. The van der Waals surface area contributed by atoms with Gasteiger partial charge in [-0.05, 0) is 29.8 Å². The van der Waals surface area contributed by atoms with Crippen molar-refractivity contribution in [1.29, 1.82) is 0 Å². The molecule has 0 aromatic carbocycles. The second-order valence-corrected chi connectivity index (χ2v) is 5.37. The SMILES string of the molecule is O=C(NCc1ccncc1)c1cc(C(=O)N2CCOCC2)ccn1. The van der Waals surface area contributed by atoms with Crippen LogP contribution in [0.3, 0.4) is 0 Å². The van der Waals surface area contributed by atoms with Gasteiger partial charge in [-0.2, -0.15) is 0 Å². The first kappa shape index (κ1) is 16.1. The van der Waals surface area contributed by atoms with E-state index in [0.717, 1.165) is 5.56 Å². The summed E-state index contributed by atoms with van der Waals surface area (Å²) in [6.07, 6.45) is 4.82. The van der Waals surface area contributed by atoms with E-state index in [2.05, 4.69) is 15.3 Å². The Labute approximate surface area is 139 Å². The molecule has 2 aromatic rings. The van der Waals surface area contributed by atoms with Crippen LogP contribution in [0.1, 0.15) is 26.4 Å². The molecule has 0 radical (unpaired) electrons. The summed E-state index contributed by atoms with van der Waals surface area (Å²) in [6, 6.07) is 6.80. The molecule has 3 heterocycles. The van der Waals surface area contributed by atoms with E-state index >= 15 is 0 Å². The molecule has 1 saturated heterocycles. The zero-order valence-electron chi connectivity index (χ0n) is 13.1. The van der Waals surface area contributed by atoms with Crippen molar-refractivity contribution in [1.82, 2.24) is 20.2 Å². The van der Waals surface area contributed by atoms with Crippen LogP contribution >= 0.6 is 0 Å². The third kappa shape index (κ3) is 3.94. The number of rotatable bonds is 4. The number of hydrogen-bond donors (Lipinski definition) is 1. The molecule has 0 atom stereocenters. The van der Waals surface area contributed by atoms with Gasteiger partial charge in [0.05, 0.1) is 13.2 Å². The number of morpholine rings is 1. The highest BCUT2D eigenvalue weighted by molar-refractivity contribution is 5.98. The van der Waals surface area contributed by atoms with Crippen molar-refractivity contribution in [3.63, 3.8) is 0 Å². The molecular formula is C17H18N4O3. The summed E-state index contributed by atoms with van der Waals surface area (Å²) in [5, 5.41) is 2.79. The minimum atomic E-state index is -0.316. The number of nitrogens with one attached hydrogen (secondary N) is 1. The van der Waals surface area contributed by atoms with Gasteiger partial charge in [0.15, 0.2) is 0 Å². The normalized spacial score (nSPS) is 14.2. The molecular weight excluding hydrogens is 308 g/mol. The lowest BCUT2D eigenvalue weighted by atomic mass is 10.2. The predicted octanol–water partition coefficient (Wildman–Crippen LogP) is 0.879. The van der Waals surface area contributed by atoms with Crippen LogP contribution in [0.15, 0.2) is 42.9 Å². The molecule has 1 aliphatic rings. The fourth-order valence-electron chi connectivity index (χ4n) is 2.41. The third-order valence-corrected chi connectivity index (χ3v) is 3.74. The Morgan fingerprint density at radius 2 is 1.88 bits per heavy atom. The lowest BCUT2D eigenvalue weighted by Gasteiger charge is -2.26. The van der Waals surface area contributed by atoms with Crippen LogP contribution in [0.25, 0.3) is 0 Å². The molecule has 0 aliphatic carbocycles. The fraction of sp³-hybridized carbons (Fsp3) is 0.294. The van der Waals surface area contributed by atoms with E-state index in [9.17, 15) is 9.59 Å². The highest BCUT2D eigenvalue weighted by Gasteiger charge is 2.19. The summed E-state index contributed by atoms with van der Waals surface area (Å²) in [6.45, 7) is 2.58. The van der Waals surface area contributed by atoms with Crippen molar-refractivity contribution in [3.05, 3.63) is 59.7 Å². The minimum absolute atomic E-state index is 0.108. The molecule has 1 aliphatic heterocycles. The van der Waals surface area contributed by atoms with Gasteiger partial charge in [-0.3, -0.25) is 19.6 Å².